The smallest absolute Gasteiger partial charge is 0.338 e. The zero-order valence-electron chi connectivity index (χ0n) is 12.1. The Morgan fingerprint density at radius 2 is 2.14 bits per heavy atom. The lowest BCUT2D eigenvalue weighted by molar-refractivity contribution is 0.0600. The van der Waals surface area contributed by atoms with Gasteiger partial charge in [-0.2, -0.15) is 0 Å². The van der Waals surface area contributed by atoms with E-state index in [0.717, 1.165) is 12.8 Å². The average molecular weight is 312 g/mol. The maximum absolute atomic E-state index is 12.2. The van der Waals surface area contributed by atoms with Crippen molar-refractivity contribution in [1.29, 1.82) is 0 Å². The topological polar surface area (TPSA) is 98.5 Å². The van der Waals surface area contributed by atoms with Crippen LogP contribution >= 0.6 is 0 Å². The zero-order valence-corrected chi connectivity index (χ0v) is 12.9. The van der Waals surface area contributed by atoms with Gasteiger partial charge in [-0.15, -0.1) is 0 Å². The minimum Gasteiger partial charge on any atom is -0.465 e. The monoisotopic (exact) mass is 312 g/mol. The normalized spacial score (nSPS) is 16.5. The van der Waals surface area contributed by atoms with E-state index < -0.39 is 16.0 Å². The molecule has 0 saturated heterocycles. The molecule has 1 unspecified atom stereocenters. The summed E-state index contributed by atoms with van der Waals surface area (Å²) in [6.07, 6.45) is 2.13. The Kier molecular flexibility index (Phi) is 4.65. The number of methoxy groups -OCH3 is 1. The summed E-state index contributed by atoms with van der Waals surface area (Å²) in [5.41, 5.74) is 6.79. The largest absolute Gasteiger partial charge is 0.465 e. The Bertz CT molecular complexity index is 638. The van der Waals surface area contributed by atoms with E-state index in [0.29, 0.717) is 17.0 Å². The first-order valence-corrected chi connectivity index (χ1v) is 8.27. The van der Waals surface area contributed by atoms with Gasteiger partial charge >= 0.3 is 5.97 Å². The molecule has 0 spiro atoms. The first-order valence-electron chi connectivity index (χ1n) is 6.79. The number of carbonyl (C=O) groups excluding carboxylic acids is 1. The van der Waals surface area contributed by atoms with Gasteiger partial charge in [-0.25, -0.2) is 17.9 Å². The SMILES string of the molecule is COC(=O)c1ccc(S(=O)(=O)NCC(N)C2CC2)cc1C. The molecule has 21 heavy (non-hydrogen) atoms. The van der Waals surface area contributed by atoms with Crippen molar-refractivity contribution >= 4 is 16.0 Å². The first kappa shape index (κ1) is 15.9. The van der Waals surface area contributed by atoms with Crippen molar-refractivity contribution in [2.24, 2.45) is 11.7 Å². The van der Waals surface area contributed by atoms with Crippen molar-refractivity contribution in [1.82, 2.24) is 4.72 Å². The van der Waals surface area contributed by atoms with Crippen LogP contribution in [-0.4, -0.2) is 34.1 Å². The maximum atomic E-state index is 12.2. The standard InChI is InChI=1S/C14H20N2O4S/c1-9-7-11(5-6-12(9)14(17)20-2)21(18,19)16-8-13(15)10-3-4-10/h5-7,10,13,16H,3-4,8,15H2,1-2H3. The van der Waals surface area contributed by atoms with E-state index >= 15 is 0 Å². The maximum Gasteiger partial charge on any atom is 0.338 e. The van der Waals surface area contributed by atoms with Gasteiger partial charge in [-0.1, -0.05) is 0 Å². The molecule has 1 aromatic rings. The van der Waals surface area contributed by atoms with Crippen LogP contribution in [0.2, 0.25) is 0 Å². The van der Waals surface area contributed by atoms with Crippen molar-refractivity contribution in [3.8, 4) is 0 Å². The van der Waals surface area contributed by atoms with Crippen molar-refractivity contribution in [3.05, 3.63) is 29.3 Å². The van der Waals surface area contributed by atoms with Gasteiger partial charge in [0, 0.05) is 12.6 Å². The third-order valence-electron chi connectivity index (χ3n) is 3.65. The van der Waals surface area contributed by atoms with E-state index in [9.17, 15) is 13.2 Å². The highest BCUT2D eigenvalue weighted by Gasteiger charge is 2.29. The Morgan fingerprint density at radius 1 is 1.48 bits per heavy atom. The fourth-order valence-corrected chi connectivity index (χ4v) is 3.28. The molecule has 2 rings (SSSR count). The van der Waals surface area contributed by atoms with Gasteiger partial charge in [0.25, 0.3) is 0 Å². The molecule has 1 saturated carbocycles. The average Bonchev–Trinajstić information content (AvgIpc) is 3.28. The number of carbonyl (C=O) groups is 1. The van der Waals surface area contributed by atoms with Gasteiger partial charge in [0.1, 0.15) is 0 Å². The molecule has 0 amide bonds. The lowest BCUT2D eigenvalue weighted by Gasteiger charge is -2.13. The van der Waals surface area contributed by atoms with Crippen molar-refractivity contribution in [2.45, 2.75) is 30.7 Å². The lowest BCUT2D eigenvalue weighted by atomic mass is 10.1. The predicted octanol–water partition coefficient (Wildman–Crippen LogP) is 0.797. The van der Waals surface area contributed by atoms with Crippen molar-refractivity contribution in [3.63, 3.8) is 0 Å². The van der Waals surface area contributed by atoms with E-state index in [1.54, 1.807) is 6.92 Å². The van der Waals surface area contributed by atoms with Crippen LogP contribution in [0.5, 0.6) is 0 Å². The lowest BCUT2D eigenvalue weighted by Crippen LogP contribution is -2.38. The highest BCUT2D eigenvalue weighted by atomic mass is 32.2. The minimum atomic E-state index is -3.61. The van der Waals surface area contributed by atoms with Crippen LogP contribution in [0.25, 0.3) is 0 Å². The van der Waals surface area contributed by atoms with E-state index in [4.69, 9.17) is 5.73 Å². The molecule has 0 bridgehead atoms. The number of sulfonamides is 1. The number of aryl methyl sites for hydroxylation is 1. The molecular weight excluding hydrogens is 292 g/mol. The summed E-state index contributed by atoms with van der Waals surface area (Å²) in [6.45, 7) is 1.89. The molecular formula is C14H20N2O4S. The number of rotatable bonds is 6. The highest BCUT2D eigenvalue weighted by Crippen LogP contribution is 2.31. The van der Waals surface area contributed by atoms with E-state index in [1.165, 1.54) is 25.3 Å². The predicted molar refractivity (Wildman–Crippen MR) is 78.4 cm³/mol. The number of nitrogens with one attached hydrogen (secondary N) is 1. The zero-order chi connectivity index (χ0) is 15.6. The van der Waals surface area contributed by atoms with Crippen LogP contribution in [0, 0.1) is 12.8 Å². The number of nitrogens with two attached hydrogens (primary N) is 1. The fraction of sp³-hybridized carbons (Fsp3) is 0.500. The van der Waals surface area contributed by atoms with Crippen LogP contribution in [0.15, 0.2) is 23.1 Å². The van der Waals surface area contributed by atoms with Gasteiger partial charge < -0.3 is 10.5 Å². The molecule has 1 aliphatic carbocycles. The highest BCUT2D eigenvalue weighted by molar-refractivity contribution is 7.89. The quantitative estimate of drug-likeness (QED) is 0.757. The second kappa shape index (κ2) is 6.13. The summed E-state index contributed by atoms with van der Waals surface area (Å²) in [5.74, 6) is -0.0590. The molecule has 1 fully saturated rings. The van der Waals surface area contributed by atoms with Gasteiger partial charge in [-0.3, -0.25) is 0 Å². The summed E-state index contributed by atoms with van der Waals surface area (Å²) < 4.78 is 31.6. The van der Waals surface area contributed by atoms with Crippen LogP contribution in [0.4, 0.5) is 0 Å². The number of benzene rings is 1. The molecule has 0 heterocycles. The van der Waals surface area contributed by atoms with Crippen LogP contribution in [-0.2, 0) is 14.8 Å². The summed E-state index contributed by atoms with van der Waals surface area (Å²) in [6, 6.07) is 4.16. The summed E-state index contributed by atoms with van der Waals surface area (Å²) in [7, 11) is -2.33. The summed E-state index contributed by atoms with van der Waals surface area (Å²) in [4.78, 5) is 11.6. The van der Waals surface area contributed by atoms with Crippen molar-refractivity contribution in [2.75, 3.05) is 13.7 Å². The molecule has 1 atom stereocenters. The van der Waals surface area contributed by atoms with Crippen LogP contribution in [0.1, 0.15) is 28.8 Å². The number of hydrogen-bond donors (Lipinski definition) is 2. The van der Waals surface area contributed by atoms with Gasteiger partial charge in [-0.05, 0) is 49.4 Å². The third kappa shape index (κ3) is 3.81. The fourth-order valence-electron chi connectivity index (χ4n) is 2.12. The molecule has 7 heteroatoms. The third-order valence-corrected chi connectivity index (χ3v) is 5.07. The number of ether oxygens (including phenoxy) is 1. The van der Waals surface area contributed by atoms with E-state index in [-0.39, 0.29) is 17.5 Å². The second-order valence-electron chi connectivity index (χ2n) is 5.32. The molecule has 116 valence electrons. The van der Waals surface area contributed by atoms with Crippen molar-refractivity contribution < 1.29 is 17.9 Å². The molecule has 0 aromatic heterocycles. The summed E-state index contributed by atoms with van der Waals surface area (Å²) in [5, 5.41) is 0. The van der Waals surface area contributed by atoms with E-state index in [2.05, 4.69) is 9.46 Å². The minimum absolute atomic E-state index is 0.121. The van der Waals surface area contributed by atoms with Crippen LogP contribution in [0.3, 0.4) is 0 Å². The summed E-state index contributed by atoms with van der Waals surface area (Å²) >= 11 is 0. The molecule has 3 N–H and O–H groups in total. The van der Waals surface area contributed by atoms with Gasteiger partial charge in [0.2, 0.25) is 10.0 Å². The Labute approximate surface area is 124 Å². The molecule has 6 nitrogen and oxygen atoms in total. The Morgan fingerprint density at radius 3 is 2.67 bits per heavy atom. The molecule has 1 aromatic carbocycles. The number of hydrogen-bond acceptors (Lipinski definition) is 5. The Balaban J connectivity index is 2.12. The molecule has 1 aliphatic rings. The van der Waals surface area contributed by atoms with Gasteiger partial charge in [0.15, 0.2) is 0 Å². The van der Waals surface area contributed by atoms with Crippen LogP contribution < -0.4 is 10.5 Å². The molecule has 0 radical (unpaired) electrons. The van der Waals surface area contributed by atoms with Gasteiger partial charge in [0.05, 0.1) is 17.6 Å². The number of esters is 1. The van der Waals surface area contributed by atoms with E-state index in [1.807, 2.05) is 0 Å². The first-order chi connectivity index (χ1) is 9.85. The Hall–Kier alpha value is -1.44. The second-order valence-corrected chi connectivity index (χ2v) is 7.09. The molecule has 0 aliphatic heterocycles.